The molecule has 0 atom stereocenters. The van der Waals surface area contributed by atoms with Gasteiger partial charge >= 0.3 is 0 Å². The van der Waals surface area contributed by atoms with E-state index in [0.717, 1.165) is 5.76 Å². The van der Waals surface area contributed by atoms with Gasteiger partial charge in [0.25, 0.3) is 5.91 Å². The first-order valence-electron chi connectivity index (χ1n) is 5.66. The van der Waals surface area contributed by atoms with Crippen molar-refractivity contribution in [3.05, 3.63) is 23.2 Å². The Kier molecular flexibility index (Phi) is 3.46. The fourth-order valence-electron chi connectivity index (χ4n) is 1.91. The van der Waals surface area contributed by atoms with Crippen molar-refractivity contribution in [3.63, 3.8) is 0 Å². The van der Waals surface area contributed by atoms with Gasteiger partial charge in [-0.1, -0.05) is 0 Å². The van der Waals surface area contributed by atoms with Crippen LogP contribution in [-0.4, -0.2) is 22.9 Å². The van der Waals surface area contributed by atoms with Crippen LogP contribution in [0, 0.1) is 13.8 Å². The van der Waals surface area contributed by atoms with Gasteiger partial charge in [-0.2, -0.15) is 0 Å². The zero-order chi connectivity index (χ0) is 12.5. The van der Waals surface area contributed by atoms with Gasteiger partial charge in [0.2, 0.25) is 0 Å². The standard InChI is InChI=1S/C13H21NO2/c1-7-14(13(4,5)6)12(15)11-8-9(2)16-10(11)3/h8H,7H2,1-6H3. The summed E-state index contributed by atoms with van der Waals surface area (Å²) >= 11 is 0. The molecule has 0 radical (unpaired) electrons. The van der Waals surface area contributed by atoms with E-state index in [-0.39, 0.29) is 11.4 Å². The van der Waals surface area contributed by atoms with E-state index in [0.29, 0.717) is 17.9 Å². The highest BCUT2D eigenvalue weighted by molar-refractivity contribution is 5.95. The van der Waals surface area contributed by atoms with Crippen molar-refractivity contribution in [1.29, 1.82) is 0 Å². The second kappa shape index (κ2) is 4.32. The average molecular weight is 223 g/mol. The van der Waals surface area contributed by atoms with Crippen molar-refractivity contribution < 1.29 is 9.21 Å². The highest BCUT2D eigenvalue weighted by Crippen LogP contribution is 2.21. The number of rotatable bonds is 2. The van der Waals surface area contributed by atoms with E-state index in [1.165, 1.54) is 0 Å². The molecule has 0 bridgehead atoms. The number of carbonyl (C=O) groups excluding carboxylic acids is 1. The lowest BCUT2D eigenvalue weighted by Gasteiger charge is -2.34. The van der Waals surface area contributed by atoms with Gasteiger partial charge in [0.05, 0.1) is 5.56 Å². The molecule has 0 aromatic carbocycles. The van der Waals surface area contributed by atoms with Crippen LogP contribution >= 0.6 is 0 Å². The fraction of sp³-hybridized carbons (Fsp3) is 0.615. The zero-order valence-electron chi connectivity index (χ0n) is 11.0. The smallest absolute Gasteiger partial charge is 0.257 e. The van der Waals surface area contributed by atoms with Gasteiger partial charge in [-0.15, -0.1) is 0 Å². The summed E-state index contributed by atoms with van der Waals surface area (Å²) in [4.78, 5) is 14.2. The van der Waals surface area contributed by atoms with E-state index in [9.17, 15) is 4.79 Å². The molecule has 1 amide bonds. The van der Waals surface area contributed by atoms with Crippen LogP contribution in [0.15, 0.2) is 10.5 Å². The Bertz CT molecular complexity index is 385. The summed E-state index contributed by atoms with van der Waals surface area (Å²) < 4.78 is 5.40. The summed E-state index contributed by atoms with van der Waals surface area (Å²) in [6.45, 7) is 12.5. The maximum atomic E-state index is 12.3. The van der Waals surface area contributed by atoms with Crippen molar-refractivity contribution in [3.8, 4) is 0 Å². The Morgan fingerprint density at radius 1 is 1.38 bits per heavy atom. The number of amides is 1. The lowest BCUT2D eigenvalue weighted by molar-refractivity contribution is 0.0597. The predicted molar refractivity (Wildman–Crippen MR) is 64.6 cm³/mol. The summed E-state index contributed by atoms with van der Waals surface area (Å²) in [6.07, 6.45) is 0. The first-order chi connectivity index (χ1) is 7.27. The SMILES string of the molecule is CCN(C(=O)c1cc(C)oc1C)C(C)(C)C. The Morgan fingerprint density at radius 2 is 1.94 bits per heavy atom. The van der Waals surface area contributed by atoms with Crippen LogP contribution in [0.2, 0.25) is 0 Å². The van der Waals surface area contributed by atoms with E-state index in [4.69, 9.17) is 4.42 Å². The largest absolute Gasteiger partial charge is 0.466 e. The van der Waals surface area contributed by atoms with Crippen molar-refractivity contribution in [2.45, 2.75) is 47.1 Å². The first kappa shape index (κ1) is 12.8. The molecule has 0 unspecified atom stereocenters. The third kappa shape index (κ3) is 2.46. The second-order valence-electron chi connectivity index (χ2n) is 5.05. The molecule has 16 heavy (non-hydrogen) atoms. The van der Waals surface area contributed by atoms with Crippen LogP contribution in [0.25, 0.3) is 0 Å². The van der Waals surface area contributed by atoms with Crippen LogP contribution in [0.4, 0.5) is 0 Å². The molecule has 3 heteroatoms. The van der Waals surface area contributed by atoms with Gasteiger partial charge in [0.1, 0.15) is 11.5 Å². The number of hydrogen-bond acceptors (Lipinski definition) is 2. The number of carbonyl (C=O) groups is 1. The third-order valence-corrected chi connectivity index (χ3v) is 2.64. The summed E-state index contributed by atoms with van der Waals surface area (Å²) in [5.74, 6) is 1.53. The molecular weight excluding hydrogens is 202 g/mol. The Hall–Kier alpha value is -1.25. The Morgan fingerprint density at radius 3 is 2.25 bits per heavy atom. The van der Waals surface area contributed by atoms with Crippen molar-refractivity contribution in [1.82, 2.24) is 4.90 Å². The Labute approximate surface area is 97.4 Å². The van der Waals surface area contributed by atoms with Gasteiger partial charge in [0, 0.05) is 12.1 Å². The second-order valence-corrected chi connectivity index (χ2v) is 5.05. The minimum absolute atomic E-state index is 0.0457. The number of furan rings is 1. The van der Waals surface area contributed by atoms with E-state index in [1.807, 2.05) is 52.5 Å². The average Bonchev–Trinajstić information content (AvgIpc) is 2.43. The third-order valence-electron chi connectivity index (χ3n) is 2.64. The quantitative estimate of drug-likeness (QED) is 0.771. The van der Waals surface area contributed by atoms with E-state index in [1.54, 1.807) is 0 Å². The van der Waals surface area contributed by atoms with Gasteiger partial charge in [0.15, 0.2) is 0 Å². The molecule has 0 fully saturated rings. The van der Waals surface area contributed by atoms with Crippen LogP contribution in [0.5, 0.6) is 0 Å². The molecule has 0 aliphatic heterocycles. The lowest BCUT2D eigenvalue weighted by Crippen LogP contribution is -2.45. The molecule has 0 aliphatic carbocycles. The van der Waals surface area contributed by atoms with Gasteiger partial charge in [-0.05, 0) is 47.6 Å². The highest BCUT2D eigenvalue weighted by atomic mass is 16.3. The Balaban J connectivity index is 3.05. The number of aryl methyl sites for hydroxylation is 2. The maximum Gasteiger partial charge on any atom is 0.257 e. The minimum atomic E-state index is -0.163. The molecule has 0 saturated carbocycles. The summed E-state index contributed by atoms with van der Waals surface area (Å²) in [5.41, 5.74) is 0.512. The molecule has 1 heterocycles. The van der Waals surface area contributed by atoms with Gasteiger partial charge in [-0.3, -0.25) is 4.79 Å². The van der Waals surface area contributed by atoms with Crippen LogP contribution in [0.1, 0.15) is 49.6 Å². The monoisotopic (exact) mass is 223 g/mol. The van der Waals surface area contributed by atoms with E-state index in [2.05, 4.69) is 0 Å². The summed E-state index contributed by atoms with van der Waals surface area (Å²) in [7, 11) is 0. The highest BCUT2D eigenvalue weighted by Gasteiger charge is 2.27. The minimum Gasteiger partial charge on any atom is -0.466 e. The normalized spacial score (nSPS) is 11.6. The topological polar surface area (TPSA) is 33.5 Å². The molecule has 0 spiro atoms. The van der Waals surface area contributed by atoms with Gasteiger partial charge in [-0.25, -0.2) is 0 Å². The van der Waals surface area contributed by atoms with Gasteiger partial charge < -0.3 is 9.32 Å². The fourth-order valence-corrected chi connectivity index (χ4v) is 1.91. The molecular formula is C13H21NO2. The van der Waals surface area contributed by atoms with E-state index < -0.39 is 0 Å². The molecule has 0 aliphatic rings. The van der Waals surface area contributed by atoms with Crippen LogP contribution in [0.3, 0.4) is 0 Å². The molecule has 3 nitrogen and oxygen atoms in total. The predicted octanol–water partition coefficient (Wildman–Crippen LogP) is 3.16. The summed E-state index contributed by atoms with van der Waals surface area (Å²) in [5, 5.41) is 0. The first-order valence-corrected chi connectivity index (χ1v) is 5.66. The molecule has 1 aromatic rings. The molecule has 0 N–H and O–H groups in total. The molecule has 1 rings (SSSR count). The molecule has 1 aromatic heterocycles. The van der Waals surface area contributed by atoms with Crippen molar-refractivity contribution in [2.24, 2.45) is 0 Å². The zero-order valence-corrected chi connectivity index (χ0v) is 11.0. The molecule has 0 saturated heterocycles. The van der Waals surface area contributed by atoms with E-state index >= 15 is 0 Å². The number of hydrogen-bond donors (Lipinski definition) is 0. The number of nitrogens with zero attached hydrogens (tertiary/aromatic N) is 1. The van der Waals surface area contributed by atoms with Crippen LogP contribution < -0.4 is 0 Å². The van der Waals surface area contributed by atoms with Crippen LogP contribution in [-0.2, 0) is 0 Å². The summed E-state index contributed by atoms with van der Waals surface area (Å²) in [6, 6.07) is 1.81. The maximum absolute atomic E-state index is 12.3. The van der Waals surface area contributed by atoms with Crippen molar-refractivity contribution in [2.75, 3.05) is 6.54 Å². The molecule has 90 valence electrons. The van der Waals surface area contributed by atoms with Crippen molar-refractivity contribution >= 4 is 5.91 Å². The lowest BCUT2D eigenvalue weighted by atomic mass is 10.0.